The van der Waals surface area contributed by atoms with Crippen LogP contribution < -0.4 is 10.0 Å². The van der Waals surface area contributed by atoms with Crippen LogP contribution in [0.2, 0.25) is 0 Å². The van der Waals surface area contributed by atoms with Gasteiger partial charge in [0.2, 0.25) is 0 Å². The summed E-state index contributed by atoms with van der Waals surface area (Å²) in [5.74, 6) is 0. The van der Waals surface area contributed by atoms with Gasteiger partial charge in [0.05, 0.1) is 34.1 Å². The second-order valence-electron chi connectivity index (χ2n) is 4.05. The van der Waals surface area contributed by atoms with Crippen molar-refractivity contribution in [2.75, 3.05) is 17.1 Å². The molecule has 0 bridgehead atoms. The molecule has 0 saturated heterocycles. The van der Waals surface area contributed by atoms with Gasteiger partial charge in [0.15, 0.2) is 0 Å². The number of pyridine rings is 1. The molecule has 0 saturated carbocycles. The van der Waals surface area contributed by atoms with Crippen LogP contribution in [0.3, 0.4) is 0 Å². The van der Waals surface area contributed by atoms with Crippen LogP contribution in [-0.4, -0.2) is 20.4 Å². The van der Waals surface area contributed by atoms with Crippen molar-refractivity contribution in [3.8, 4) is 6.07 Å². The molecule has 2 aromatic rings. The monoisotopic (exact) mass is 288 g/mol. The average molecular weight is 288 g/mol. The molecule has 0 radical (unpaired) electrons. The fourth-order valence-electron chi connectivity index (χ4n) is 1.70. The Morgan fingerprint density at radius 3 is 2.75 bits per heavy atom. The van der Waals surface area contributed by atoms with Crippen LogP contribution in [0.25, 0.3) is 0 Å². The molecular weight excluding hydrogens is 276 g/mol. The molecule has 0 fully saturated rings. The number of hydrogen-bond acceptors (Lipinski definition) is 5. The summed E-state index contributed by atoms with van der Waals surface area (Å²) in [5.41, 5.74) is 6.61. The maximum atomic E-state index is 12.5. The molecule has 0 unspecified atom stereocenters. The van der Waals surface area contributed by atoms with Crippen molar-refractivity contribution in [2.24, 2.45) is 0 Å². The average Bonchev–Trinajstić information content (AvgIpc) is 2.47. The number of sulfonamides is 1. The van der Waals surface area contributed by atoms with E-state index in [1.807, 2.05) is 6.07 Å². The molecule has 2 N–H and O–H groups in total. The van der Waals surface area contributed by atoms with Gasteiger partial charge in [0.25, 0.3) is 10.0 Å². The van der Waals surface area contributed by atoms with E-state index in [4.69, 9.17) is 11.0 Å². The summed E-state index contributed by atoms with van der Waals surface area (Å²) >= 11 is 0. The van der Waals surface area contributed by atoms with Gasteiger partial charge in [-0.2, -0.15) is 5.26 Å². The number of benzene rings is 1. The second-order valence-corrected chi connectivity index (χ2v) is 6.02. The molecule has 1 heterocycles. The molecule has 0 aliphatic heterocycles. The number of nitrogen functional groups attached to an aromatic ring is 1. The van der Waals surface area contributed by atoms with Gasteiger partial charge in [-0.3, -0.25) is 9.29 Å². The molecule has 102 valence electrons. The van der Waals surface area contributed by atoms with Gasteiger partial charge in [0, 0.05) is 13.2 Å². The Morgan fingerprint density at radius 2 is 2.10 bits per heavy atom. The lowest BCUT2D eigenvalue weighted by atomic mass is 10.2. The topological polar surface area (TPSA) is 100 Å². The highest BCUT2D eigenvalue weighted by atomic mass is 32.2. The number of hydrogen-bond donors (Lipinski definition) is 1. The van der Waals surface area contributed by atoms with Gasteiger partial charge in [-0.1, -0.05) is 6.07 Å². The Balaban J connectivity index is 2.50. The van der Waals surface area contributed by atoms with E-state index in [9.17, 15) is 8.42 Å². The first-order valence-electron chi connectivity index (χ1n) is 5.65. The van der Waals surface area contributed by atoms with Crippen LogP contribution in [0.5, 0.6) is 0 Å². The van der Waals surface area contributed by atoms with Gasteiger partial charge in [0.1, 0.15) is 0 Å². The summed E-state index contributed by atoms with van der Waals surface area (Å²) in [6.45, 7) is 0. The van der Waals surface area contributed by atoms with Gasteiger partial charge < -0.3 is 5.73 Å². The molecular formula is C13H12N4O2S. The number of nitrogens with zero attached hydrogens (tertiary/aromatic N) is 3. The van der Waals surface area contributed by atoms with Crippen LogP contribution in [0, 0.1) is 11.3 Å². The third kappa shape index (κ3) is 2.41. The lowest BCUT2D eigenvalue weighted by molar-refractivity contribution is 0.594. The molecule has 1 aromatic carbocycles. The van der Waals surface area contributed by atoms with Crippen LogP contribution >= 0.6 is 0 Å². The van der Waals surface area contributed by atoms with Crippen molar-refractivity contribution in [3.63, 3.8) is 0 Å². The molecule has 0 atom stereocenters. The first-order chi connectivity index (χ1) is 9.46. The molecule has 0 aliphatic rings. The highest BCUT2D eigenvalue weighted by Gasteiger charge is 2.23. The number of rotatable bonds is 3. The minimum atomic E-state index is -3.77. The van der Waals surface area contributed by atoms with Crippen molar-refractivity contribution in [1.29, 1.82) is 5.26 Å². The third-order valence-corrected chi connectivity index (χ3v) is 4.56. The van der Waals surface area contributed by atoms with Crippen molar-refractivity contribution >= 4 is 21.4 Å². The highest BCUT2D eigenvalue weighted by molar-refractivity contribution is 7.92. The maximum Gasteiger partial charge on any atom is 0.264 e. The zero-order valence-electron chi connectivity index (χ0n) is 10.7. The molecule has 2 rings (SSSR count). The summed E-state index contributed by atoms with van der Waals surface area (Å²) in [7, 11) is -2.37. The second kappa shape index (κ2) is 5.19. The van der Waals surface area contributed by atoms with Gasteiger partial charge in [-0.25, -0.2) is 8.42 Å². The van der Waals surface area contributed by atoms with Crippen molar-refractivity contribution in [3.05, 3.63) is 48.3 Å². The number of aromatic nitrogens is 1. The molecule has 6 nitrogen and oxygen atoms in total. The SMILES string of the molecule is CN(c1ccncc1N)S(=O)(=O)c1cccc(C#N)c1. The van der Waals surface area contributed by atoms with Crippen LogP contribution in [0.4, 0.5) is 11.4 Å². The smallest absolute Gasteiger partial charge is 0.264 e. The lowest BCUT2D eigenvalue weighted by Crippen LogP contribution is -2.27. The highest BCUT2D eigenvalue weighted by Crippen LogP contribution is 2.26. The summed E-state index contributed by atoms with van der Waals surface area (Å²) in [4.78, 5) is 3.86. The van der Waals surface area contributed by atoms with E-state index in [-0.39, 0.29) is 16.1 Å². The normalized spacial score (nSPS) is 10.8. The van der Waals surface area contributed by atoms with Crippen molar-refractivity contribution in [2.45, 2.75) is 4.90 Å². The van der Waals surface area contributed by atoms with E-state index in [2.05, 4.69) is 4.98 Å². The first kappa shape index (κ1) is 13.8. The van der Waals surface area contributed by atoms with E-state index < -0.39 is 10.0 Å². The molecule has 20 heavy (non-hydrogen) atoms. The van der Waals surface area contributed by atoms with E-state index in [1.165, 1.54) is 43.7 Å². The Hall–Kier alpha value is -2.59. The number of nitriles is 1. The van der Waals surface area contributed by atoms with Crippen molar-refractivity contribution in [1.82, 2.24) is 4.98 Å². The third-order valence-electron chi connectivity index (χ3n) is 2.79. The molecule has 1 aromatic heterocycles. The fourth-order valence-corrected chi connectivity index (χ4v) is 2.97. The lowest BCUT2D eigenvalue weighted by Gasteiger charge is -2.20. The molecule has 0 aliphatic carbocycles. The largest absolute Gasteiger partial charge is 0.396 e. The molecule has 7 heteroatoms. The zero-order valence-corrected chi connectivity index (χ0v) is 11.5. The Morgan fingerprint density at radius 1 is 1.35 bits per heavy atom. The molecule has 0 amide bonds. The van der Waals surface area contributed by atoms with Gasteiger partial charge >= 0.3 is 0 Å². The zero-order chi connectivity index (χ0) is 14.8. The summed E-state index contributed by atoms with van der Waals surface area (Å²) in [5, 5.41) is 8.84. The van der Waals surface area contributed by atoms with E-state index in [1.54, 1.807) is 6.07 Å². The Bertz CT molecular complexity index is 781. The fraction of sp³-hybridized carbons (Fsp3) is 0.0769. The number of nitrogens with two attached hydrogens (primary N) is 1. The van der Waals surface area contributed by atoms with E-state index >= 15 is 0 Å². The Labute approximate surface area is 117 Å². The predicted octanol–water partition coefficient (Wildman–Crippen LogP) is 1.36. The van der Waals surface area contributed by atoms with Crippen LogP contribution in [-0.2, 0) is 10.0 Å². The summed E-state index contributed by atoms with van der Waals surface area (Å²) in [6, 6.07) is 9.25. The predicted molar refractivity (Wildman–Crippen MR) is 75.4 cm³/mol. The van der Waals surface area contributed by atoms with Crippen molar-refractivity contribution < 1.29 is 8.42 Å². The maximum absolute atomic E-state index is 12.5. The quantitative estimate of drug-likeness (QED) is 0.919. The van der Waals surface area contributed by atoms with E-state index in [0.717, 1.165) is 4.31 Å². The molecule has 0 spiro atoms. The van der Waals surface area contributed by atoms with E-state index in [0.29, 0.717) is 5.69 Å². The Kier molecular flexibility index (Phi) is 3.59. The number of anilines is 2. The minimum absolute atomic E-state index is 0.0373. The minimum Gasteiger partial charge on any atom is -0.396 e. The van der Waals surface area contributed by atoms with Gasteiger partial charge in [-0.05, 0) is 24.3 Å². The van der Waals surface area contributed by atoms with Gasteiger partial charge in [-0.15, -0.1) is 0 Å². The summed E-state index contributed by atoms with van der Waals surface area (Å²) in [6.07, 6.45) is 2.84. The first-order valence-corrected chi connectivity index (χ1v) is 7.09. The van der Waals surface area contributed by atoms with Crippen LogP contribution in [0.1, 0.15) is 5.56 Å². The standard InChI is InChI=1S/C13H12N4O2S/c1-17(13-5-6-16-9-12(13)15)20(18,19)11-4-2-3-10(7-11)8-14/h2-7,9H,15H2,1H3. The summed E-state index contributed by atoms with van der Waals surface area (Å²) < 4.78 is 26.1. The van der Waals surface area contributed by atoms with Crippen LogP contribution in [0.15, 0.2) is 47.6 Å².